The Hall–Kier alpha value is -3.32. The topological polar surface area (TPSA) is 82.6 Å². The zero-order chi connectivity index (χ0) is 19.5. The zero-order valence-corrected chi connectivity index (χ0v) is 16.2. The van der Waals surface area contributed by atoms with Crippen LogP contribution >= 0.6 is 0 Å². The van der Waals surface area contributed by atoms with Gasteiger partial charge in [-0.2, -0.15) is 15.3 Å². The highest BCUT2D eigenvalue weighted by atomic mass is 15.1. The fourth-order valence-corrected chi connectivity index (χ4v) is 3.89. The van der Waals surface area contributed by atoms with E-state index in [-0.39, 0.29) is 0 Å². The van der Waals surface area contributed by atoms with Crippen molar-refractivity contribution in [3.8, 4) is 11.1 Å². The maximum atomic E-state index is 4.49. The number of nitrogens with one attached hydrogen (secondary N) is 2. The summed E-state index contributed by atoms with van der Waals surface area (Å²) in [5.74, 6) is 0. The largest absolute Gasteiger partial charge is 0.378 e. The molecule has 29 heavy (non-hydrogen) atoms. The fraction of sp³-hybridized carbons (Fsp3) is 0.273. The van der Waals surface area contributed by atoms with Crippen molar-refractivity contribution in [2.45, 2.75) is 25.9 Å². The van der Waals surface area contributed by atoms with Gasteiger partial charge in [0.1, 0.15) is 0 Å². The van der Waals surface area contributed by atoms with E-state index in [1.165, 1.54) is 31.5 Å². The summed E-state index contributed by atoms with van der Waals surface area (Å²) in [6.07, 6.45) is 9.91. The number of likely N-dealkylation sites (tertiary alicyclic amines) is 1. The van der Waals surface area contributed by atoms with Crippen LogP contribution in [0.15, 0.2) is 55.1 Å². The van der Waals surface area contributed by atoms with E-state index in [4.69, 9.17) is 0 Å². The highest BCUT2D eigenvalue weighted by Gasteiger charge is 2.13. The predicted octanol–water partition coefficient (Wildman–Crippen LogP) is 3.62. The molecular formula is C22H23N7. The Kier molecular flexibility index (Phi) is 4.88. The molecule has 0 spiro atoms. The van der Waals surface area contributed by atoms with E-state index in [0.717, 1.165) is 40.0 Å². The average molecular weight is 385 g/mol. The van der Waals surface area contributed by atoms with Crippen LogP contribution < -0.4 is 5.32 Å². The third-order valence-corrected chi connectivity index (χ3v) is 5.42. The molecule has 3 aromatic heterocycles. The van der Waals surface area contributed by atoms with Gasteiger partial charge in [0.2, 0.25) is 0 Å². The van der Waals surface area contributed by atoms with E-state index < -0.39 is 0 Å². The lowest BCUT2D eigenvalue weighted by Crippen LogP contribution is -2.18. The molecule has 0 atom stereocenters. The van der Waals surface area contributed by atoms with Gasteiger partial charge in [-0.1, -0.05) is 6.07 Å². The molecule has 2 N–H and O–H groups in total. The lowest BCUT2D eigenvalue weighted by atomic mass is 10.0. The maximum absolute atomic E-state index is 4.49. The van der Waals surface area contributed by atoms with Crippen LogP contribution in [0, 0.1) is 0 Å². The van der Waals surface area contributed by atoms with Crippen LogP contribution in [-0.4, -0.2) is 43.4 Å². The minimum absolute atomic E-state index is 0.638. The summed E-state index contributed by atoms with van der Waals surface area (Å²) in [6.45, 7) is 3.99. The normalized spacial score (nSPS) is 14.5. The van der Waals surface area contributed by atoms with Crippen molar-refractivity contribution in [1.29, 1.82) is 0 Å². The number of rotatable bonds is 6. The molecule has 4 heterocycles. The number of aromatic nitrogens is 5. The Bertz CT molecular complexity index is 1100. The summed E-state index contributed by atoms with van der Waals surface area (Å²) in [5, 5.41) is 19.8. The van der Waals surface area contributed by atoms with Crippen LogP contribution in [0.3, 0.4) is 0 Å². The Morgan fingerprint density at radius 1 is 0.966 bits per heavy atom. The molecule has 4 aromatic rings. The summed E-state index contributed by atoms with van der Waals surface area (Å²) in [4.78, 5) is 6.99. The van der Waals surface area contributed by atoms with Crippen molar-refractivity contribution >= 4 is 16.6 Å². The van der Waals surface area contributed by atoms with Gasteiger partial charge in [0.25, 0.3) is 0 Å². The third-order valence-electron chi connectivity index (χ3n) is 5.42. The van der Waals surface area contributed by atoms with Crippen molar-refractivity contribution in [3.05, 3.63) is 66.4 Å². The van der Waals surface area contributed by atoms with Gasteiger partial charge in [0.05, 0.1) is 35.8 Å². The van der Waals surface area contributed by atoms with Gasteiger partial charge in [-0.15, -0.1) is 0 Å². The Morgan fingerprint density at radius 3 is 2.76 bits per heavy atom. The highest BCUT2D eigenvalue weighted by Crippen LogP contribution is 2.26. The quantitative estimate of drug-likeness (QED) is 0.527. The molecule has 1 aliphatic rings. The van der Waals surface area contributed by atoms with E-state index in [1.54, 1.807) is 12.4 Å². The van der Waals surface area contributed by atoms with Gasteiger partial charge in [0.15, 0.2) is 0 Å². The van der Waals surface area contributed by atoms with Crippen LogP contribution in [0.4, 0.5) is 5.69 Å². The standard InChI is InChI=1S/C22H23N7/c1-2-8-29(7-1)15-16-9-18(12-23-11-16)17-3-4-21-20(10-17)22(28-27-21)14-24-19-5-6-25-26-13-19/h3-6,9-13H,1-2,7-8,14-15H2,(H,24,25)(H,27,28). The molecular weight excluding hydrogens is 362 g/mol. The molecule has 1 fully saturated rings. The molecule has 1 saturated heterocycles. The second kappa shape index (κ2) is 7.97. The smallest absolute Gasteiger partial charge is 0.0924 e. The van der Waals surface area contributed by atoms with Gasteiger partial charge < -0.3 is 5.32 Å². The molecule has 146 valence electrons. The molecule has 0 unspecified atom stereocenters. The minimum atomic E-state index is 0.638. The number of aromatic amines is 1. The van der Waals surface area contributed by atoms with Gasteiger partial charge in [0, 0.05) is 29.9 Å². The molecule has 1 aliphatic heterocycles. The number of hydrogen-bond acceptors (Lipinski definition) is 6. The van der Waals surface area contributed by atoms with Gasteiger partial charge in [-0.25, -0.2) is 0 Å². The number of nitrogens with zero attached hydrogens (tertiary/aromatic N) is 5. The zero-order valence-electron chi connectivity index (χ0n) is 16.2. The molecule has 0 aliphatic carbocycles. The highest BCUT2D eigenvalue weighted by molar-refractivity contribution is 5.86. The van der Waals surface area contributed by atoms with Gasteiger partial charge in [-0.3, -0.25) is 15.0 Å². The van der Waals surface area contributed by atoms with Gasteiger partial charge >= 0.3 is 0 Å². The maximum Gasteiger partial charge on any atom is 0.0924 e. The van der Waals surface area contributed by atoms with Crippen molar-refractivity contribution in [2.75, 3.05) is 18.4 Å². The summed E-state index contributed by atoms with van der Waals surface area (Å²) in [6, 6.07) is 10.5. The molecule has 5 rings (SSSR count). The van der Waals surface area contributed by atoms with Crippen molar-refractivity contribution in [3.63, 3.8) is 0 Å². The number of fused-ring (bicyclic) bond motifs is 1. The van der Waals surface area contributed by atoms with E-state index in [2.05, 4.69) is 59.9 Å². The Morgan fingerprint density at radius 2 is 1.90 bits per heavy atom. The van der Waals surface area contributed by atoms with Crippen molar-refractivity contribution < 1.29 is 0 Å². The second-order valence-electron chi connectivity index (χ2n) is 7.48. The van der Waals surface area contributed by atoms with E-state index in [9.17, 15) is 0 Å². The van der Waals surface area contributed by atoms with E-state index in [0.29, 0.717) is 6.54 Å². The Balaban J connectivity index is 1.39. The average Bonchev–Trinajstić information content (AvgIpc) is 3.42. The summed E-state index contributed by atoms with van der Waals surface area (Å²) in [7, 11) is 0. The number of hydrogen-bond donors (Lipinski definition) is 2. The van der Waals surface area contributed by atoms with Crippen LogP contribution in [0.2, 0.25) is 0 Å². The number of benzene rings is 1. The van der Waals surface area contributed by atoms with E-state index in [1.807, 2.05) is 18.5 Å². The van der Waals surface area contributed by atoms with Crippen LogP contribution in [0.25, 0.3) is 22.0 Å². The first-order chi connectivity index (χ1) is 14.3. The number of pyridine rings is 1. The molecule has 0 amide bonds. The van der Waals surface area contributed by atoms with Gasteiger partial charge in [-0.05, 0) is 61.3 Å². The first kappa shape index (κ1) is 17.8. The van der Waals surface area contributed by atoms with Crippen molar-refractivity contribution in [1.82, 2.24) is 30.3 Å². The number of anilines is 1. The molecule has 0 radical (unpaired) electrons. The van der Waals surface area contributed by atoms with Crippen LogP contribution in [0.5, 0.6) is 0 Å². The lowest BCUT2D eigenvalue weighted by molar-refractivity contribution is 0.331. The molecule has 0 bridgehead atoms. The second-order valence-corrected chi connectivity index (χ2v) is 7.48. The van der Waals surface area contributed by atoms with Crippen molar-refractivity contribution in [2.24, 2.45) is 0 Å². The van der Waals surface area contributed by atoms with E-state index >= 15 is 0 Å². The monoisotopic (exact) mass is 385 g/mol. The molecule has 0 saturated carbocycles. The SMILES string of the molecule is c1cc(NCc2[nH]nc3ccc(-c4cncc(CN5CCCC5)c4)cc23)cnn1. The number of H-pyrrole nitrogens is 1. The van der Waals surface area contributed by atoms with Crippen LogP contribution in [-0.2, 0) is 13.1 Å². The first-order valence-corrected chi connectivity index (χ1v) is 9.99. The lowest BCUT2D eigenvalue weighted by Gasteiger charge is -2.14. The summed E-state index contributed by atoms with van der Waals surface area (Å²) >= 11 is 0. The fourth-order valence-electron chi connectivity index (χ4n) is 3.89. The Labute approximate surface area is 169 Å². The molecule has 1 aromatic carbocycles. The summed E-state index contributed by atoms with van der Waals surface area (Å²) < 4.78 is 0. The minimum Gasteiger partial charge on any atom is -0.378 e. The third kappa shape index (κ3) is 3.95. The predicted molar refractivity (Wildman–Crippen MR) is 113 cm³/mol. The van der Waals surface area contributed by atoms with Crippen LogP contribution in [0.1, 0.15) is 24.1 Å². The molecule has 7 heteroatoms. The summed E-state index contributed by atoms with van der Waals surface area (Å²) in [5.41, 5.74) is 6.49. The molecule has 7 nitrogen and oxygen atoms in total. The first-order valence-electron chi connectivity index (χ1n) is 9.99.